The number of aliphatic hydroxyl groups is 1. The molecule has 3 heterocycles. The summed E-state index contributed by atoms with van der Waals surface area (Å²) in [5.41, 5.74) is 2.21. The maximum absolute atomic E-state index is 13.6. The zero-order chi connectivity index (χ0) is 29.6. The van der Waals surface area contributed by atoms with Crippen LogP contribution >= 0.6 is 0 Å². The summed E-state index contributed by atoms with van der Waals surface area (Å²) in [5.74, 6) is 0.446. The predicted octanol–water partition coefficient (Wildman–Crippen LogP) is 4.73. The molecule has 2 fully saturated rings. The lowest BCUT2D eigenvalue weighted by Crippen LogP contribution is -2.42. The molecule has 3 aliphatic rings. The van der Waals surface area contributed by atoms with Crippen LogP contribution in [0.2, 0.25) is 0 Å². The Hall–Kier alpha value is -3.56. The van der Waals surface area contributed by atoms with Gasteiger partial charge in [-0.1, -0.05) is 25.8 Å². The topological polar surface area (TPSA) is 97.8 Å². The molecule has 2 atom stereocenters. The van der Waals surface area contributed by atoms with Crippen LogP contribution < -0.4 is 14.2 Å². The Morgan fingerprint density at radius 2 is 1.81 bits per heavy atom. The smallest absolute Gasteiger partial charge is 0.295 e. The first-order chi connectivity index (χ1) is 20.4. The minimum atomic E-state index is -0.775. The van der Waals surface area contributed by atoms with Crippen LogP contribution in [0.1, 0.15) is 62.8 Å². The Bertz CT molecular complexity index is 1320. The van der Waals surface area contributed by atoms with Crippen LogP contribution in [0.4, 0.5) is 0 Å². The molecule has 0 aromatic heterocycles. The number of amides is 1. The number of unbranched alkanes of at least 4 members (excludes halogenated alkanes) is 2. The van der Waals surface area contributed by atoms with Gasteiger partial charge in [0.05, 0.1) is 38.0 Å². The highest BCUT2D eigenvalue weighted by atomic mass is 16.5. The summed E-state index contributed by atoms with van der Waals surface area (Å²) < 4.78 is 23.3. The zero-order valence-electron chi connectivity index (χ0n) is 24.9. The number of hydrogen-bond acceptors (Lipinski definition) is 8. The Labute approximate surface area is 248 Å². The van der Waals surface area contributed by atoms with Crippen molar-refractivity contribution in [1.29, 1.82) is 0 Å². The number of fused-ring (bicyclic) bond motifs is 1. The van der Waals surface area contributed by atoms with Crippen LogP contribution in [0.15, 0.2) is 42.0 Å². The molecule has 0 unspecified atom stereocenters. The highest BCUT2D eigenvalue weighted by Crippen LogP contribution is 2.43. The number of hydrogen-bond donors (Lipinski definition) is 1. The van der Waals surface area contributed by atoms with Gasteiger partial charge in [-0.25, -0.2) is 0 Å². The van der Waals surface area contributed by atoms with Crippen molar-refractivity contribution in [3.63, 3.8) is 0 Å². The standard InChI is InChI=1S/C33H42N2O7/c1-4-6-7-16-41-27-11-8-23(21-28(27)40-5-2)30-29(31(36)24-9-10-26-25(20-24)19-22(3)42-26)32(37)33(38)35(30)13-12-34-14-17-39-18-15-34/h8-11,20-22,30,36H,4-7,12-19H2,1-3H3/t22-,30-/m0/s1. The molecule has 42 heavy (non-hydrogen) atoms. The van der Waals surface area contributed by atoms with Crippen molar-refractivity contribution in [2.75, 3.05) is 52.6 Å². The number of Topliss-reactive ketones (excluding diaryl/α,β-unsaturated/α-hetero) is 1. The van der Waals surface area contributed by atoms with Crippen LogP contribution in [0.5, 0.6) is 17.2 Å². The zero-order valence-corrected chi connectivity index (χ0v) is 24.9. The molecule has 2 aromatic rings. The summed E-state index contributed by atoms with van der Waals surface area (Å²) in [4.78, 5) is 30.9. The van der Waals surface area contributed by atoms with E-state index in [1.807, 2.05) is 44.2 Å². The third-order valence-electron chi connectivity index (χ3n) is 8.06. The fraction of sp³-hybridized carbons (Fsp3) is 0.515. The minimum Gasteiger partial charge on any atom is -0.507 e. The molecule has 226 valence electrons. The normalized spacial score (nSPS) is 21.8. The fourth-order valence-corrected chi connectivity index (χ4v) is 5.87. The van der Waals surface area contributed by atoms with Crippen LogP contribution in [0.25, 0.3) is 5.76 Å². The van der Waals surface area contributed by atoms with Crippen LogP contribution in [-0.4, -0.2) is 85.3 Å². The average Bonchev–Trinajstić information content (AvgIpc) is 3.50. The average molecular weight is 579 g/mol. The molecule has 1 amide bonds. The molecule has 9 nitrogen and oxygen atoms in total. The first-order valence-corrected chi connectivity index (χ1v) is 15.2. The second kappa shape index (κ2) is 13.6. The van der Waals surface area contributed by atoms with Gasteiger partial charge in [0, 0.05) is 38.2 Å². The highest BCUT2D eigenvalue weighted by molar-refractivity contribution is 6.46. The van der Waals surface area contributed by atoms with Gasteiger partial charge < -0.3 is 29.0 Å². The fourth-order valence-electron chi connectivity index (χ4n) is 5.87. The number of morpholine rings is 1. The second-order valence-corrected chi connectivity index (χ2v) is 11.1. The maximum atomic E-state index is 13.6. The summed E-state index contributed by atoms with van der Waals surface area (Å²) in [7, 11) is 0. The molecule has 2 saturated heterocycles. The van der Waals surface area contributed by atoms with E-state index in [1.165, 1.54) is 0 Å². The number of carbonyl (C=O) groups is 2. The SMILES string of the molecule is CCCCCOc1ccc([C@H]2C(=C(O)c3ccc4c(c3)C[C@H](C)O4)C(=O)C(=O)N2CCN2CCOCC2)cc1OCC. The Morgan fingerprint density at radius 1 is 1.00 bits per heavy atom. The van der Waals surface area contributed by atoms with Gasteiger partial charge in [0.15, 0.2) is 11.5 Å². The number of aliphatic hydroxyl groups excluding tert-OH is 1. The van der Waals surface area contributed by atoms with E-state index in [2.05, 4.69) is 11.8 Å². The number of ketones is 1. The quantitative estimate of drug-likeness (QED) is 0.167. The van der Waals surface area contributed by atoms with Crippen molar-refractivity contribution in [1.82, 2.24) is 9.80 Å². The molecule has 5 rings (SSSR count). The lowest BCUT2D eigenvalue weighted by atomic mass is 9.94. The number of carbonyl (C=O) groups excluding carboxylic acids is 2. The summed E-state index contributed by atoms with van der Waals surface area (Å²) >= 11 is 0. The Balaban J connectivity index is 1.53. The van der Waals surface area contributed by atoms with Gasteiger partial charge in [-0.15, -0.1) is 0 Å². The molecule has 3 aliphatic heterocycles. The van der Waals surface area contributed by atoms with Gasteiger partial charge in [0.25, 0.3) is 11.7 Å². The largest absolute Gasteiger partial charge is 0.507 e. The second-order valence-electron chi connectivity index (χ2n) is 11.1. The molecule has 0 aliphatic carbocycles. The minimum absolute atomic E-state index is 0.0443. The molecule has 0 spiro atoms. The van der Waals surface area contributed by atoms with Gasteiger partial charge in [-0.3, -0.25) is 14.5 Å². The van der Waals surface area contributed by atoms with Gasteiger partial charge in [0.2, 0.25) is 0 Å². The number of likely N-dealkylation sites (tertiary alicyclic amines) is 1. The summed E-state index contributed by atoms with van der Waals surface area (Å²) in [5, 5.41) is 11.6. The van der Waals surface area contributed by atoms with Crippen molar-refractivity contribution in [2.24, 2.45) is 0 Å². The predicted molar refractivity (Wildman–Crippen MR) is 159 cm³/mol. The Kier molecular flexibility index (Phi) is 9.69. The van der Waals surface area contributed by atoms with Gasteiger partial charge in [-0.05, 0) is 61.7 Å². The first-order valence-electron chi connectivity index (χ1n) is 15.2. The molecule has 0 saturated carbocycles. The number of benzene rings is 2. The third-order valence-corrected chi connectivity index (χ3v) is 8.06. The van der Waals surface area contributed by atoms with Crippen LogP contribution in [0, 0.1) is 0 Å². The van der Waals surface area contributed by atoms with Crippen LogP contribution in [-0.2, 0) is 20.7 Å². The van der Waals surface area contributed by atoms with E-state index in [9.17, 15) is 14.7 Å². The summed E-state index contributed by atoms with van der Waals surface area (Å²) in [6, 6.07) is 10.2. The first kappa shape index (κ1) is 29.9. The molecule has 0 radical (unpaired) electrons. The summed E-state index contributed by atoms with van der Waals surface area (Å²) in [6.07, 6.45) is 3.87. The lowest BCUT2D eigenvalue weighted by Gasteiger charge is -2.31. The van der Waals surface area contributed by atoms with Gasteiger partial charge in [0.1, 0.15) is 17.6 Å². The van der Waals surface area contributed by atoms with Gasteiger partial charge >= 0.3 is 0 Å². The summed E-state index contributed by atoms with van der Waals surface area (Å²) in [6.45, 7) is 10.8. The molecule has 0 bridgehead atoms. The van der Waals surface area contributed by atoms with E-state index in [-0.39, 0.29) is 17.4 Å². The van der Waals surface area contributed by atoms with Crippen molar-refractivity contribution in [2.45, 2.75) is 58.6 Å². The third kappa shape index (κ3) is 6.42. The van der Waals surface area contributed by atoms with Crippen LogP contribution in [0.3, 0.4) is 0 Å². The lowest BCUT2D eigenvalue weighted by molar-refractivity contribution is -0.140. The highest BCUT2D eigenvalue weighted by Gasteiger charge is 2.46. The van der Waals surface area contributed by atoms with E-state index in [1.54, 1.807) is 11.0 Å². The molecular weight excluding hydrogens is 536 g/mol. The van der Waals surface area contributed by atoms with E-state index >= 15 is 0 Å². The van der Waals surface area contributed by atoms with E-state index < -0.39 is 17.7 Å². The molecule has 1 N–H and O–H groups in total. The van der Waals surface area contributed by atoms with Crippen molar-refractivity contribution in [3.05, 3.63) is 58.7 Å². The number of ether oxygens (including phenoxy) is 4. The van der Waals surface area contributed by atoms with Gasteiger partial charge in [-0.2, -0.15) is 0 Å². The number of nitrogens with zero attached hydrogens (tertiary/aromatic N) is 2. The van der Waals surface area contributed by atoms with Crippen molar-refractivity contribution < 1.29 is 33.6 Å². The van der Waals surface area contributed by atoms with E-state index in [4.69, 9.17) is 18.9 Å². The molecule has 9 heteroatoms. The molecular formula is C33H42N2O7. The number of rotatable bonds is 12. The van der Waals surface area contributed by atoms with E-state index in [0.29, 0.717) is 68.6 Å². The van der Waals surface area contributed by atoms with Crippen molar-refractivity contribution in [3.8, 4) is 17.2 Å². The monoisotopic (exact) mass is 578 g/mol. The molecule has 2 aromatic carbocycles. The van der Waals surface area contributed by atoms with E-state index in [0.717, 1.165) is 43.7 Å². The Morgan fingerprint density at radius 3 is 2.57 bits per heavy atom. The maximum Gasteiger partial charge on any atom is 0.295 e. The van der Waals surface area contributed by atoms with Crippen molar-refractivity contribution >= 4 is 17.4 Å².